The lowest BCUT2D eigenvalue weighted by atomic mass is 10.0. The summed E-state index contributed by atoms with van der Waals surface area (Å²) in [5.74, 6) is 5.09. The van der Waals surface area contributed by atoms with E-state index in [-0.39, 0.29) is 17.9 Å². The average molecular weight is 593 g/mol. The van der Waals surface area contributed by atoms with Crippen LogP contribution in [0.2, 0.25) is 5.02 Å². The minimum Gasteiger partial charge on any atom is -0.481 e. The van der Waals surface area contributed by atoms with Gasteiger partial charge in [-0.3, -0.25) is 4.79 Å². The summed E-state index contributed by atoms with van der Waals surface area (Å²) in [4.78, 5) is 12.3. The molecule has 0 saturated heterocycles. The molecular formula is C32H33ClN2O5S. The quantitative estimate of drug-likeness (QED) is 0.204. The third-order valence-electron chi connectivity index (χ3n) is 7.03. The second kappa shape index (κ2) is 12.8. The van der Waals surface area contributed by atoms with Gasteiger partial charge in [0.2, 0.25) is 10.0 Å². The summed E-state index contributed by atoms with van der Waals surface area (Å²) < 4.78 is 36.3. The lowest BCUT2D eigenvalue weighted by Crippen LogP contribution is -2.42. The van der Waals surface area contributed by atoms with Crippen molar-refractivity contribution in [2.45, 2.75) is 57.5 Å². The summed E-state index contributed by atoms with van der Waals surface area (Å²) in [5, 5.41) is 11.3. The standard InChI is InChI=1S/C32H33ClN2O5S/c1-5-6-17-40-26-12-14-27(15-13-26)41(38,39)34-30(32(36)37)19-28-22(4)35(31-16-11-25(33)18-29(28)31)20-23-7-9-24(10-8-23)21(2)3/h7-16,18,21,30,34H,17,19-20H2,1-4H3,(H,36,37)/t30-/m0/s1. The normalized spacial score (nSPS) is 12.2. The van der Waals surface area contributed by atoms with Gasteiger partial charge in [-0.15, -0.1) is 5.92 Å². The Balaban J connectivity index is 1.63. The Bertz CT molecular complexity index is 1710. The fourth-order valence-corrected chi connectivity index (χ4v) is 6.08. The van der Waals surface area contributed by atoms with Gasteiger partial charge in [-0.2, -0.15) is 4.72 Å². The average Bonchev–Trinajstić information content (AvgIpc) is 3.18. The molecule has 0 saturated carbocycles. The van der Waals surface area contributed by atoms with Gasteiger partial charge >= 0.3 is 5.97 Å². The Morgan fingerprint density at radius 3 is 2.37 bits per heavy atom. The van der Waals surface area contributed by atoms with Crippen LogP contribution in [0.3, 0.4) is 0 Å². The number of halogens is 1. The van der Waals surface area contributed by atoms with E-state index in [2.05, 4.69) is 59.2 Å². The molecule has 41 heavy (non-hydrogen) atoms. The van der Waals surface area contributed by atoms with Crippen molar-refractivity contribution in [3.8, 4) is 17.6 Å². The summed E-state index contributed by atoms with van der Waals surface area (Å²) in [6, 6.07) is 18.3. The Hall–Kier alpha value is -3.77. The number of sulfonamides is 1. The highest BCUT2D eigenvalue weighted by atomic mass is 35.5. The summed E-state index contributed by atoms with van der Waals surface area (Å²) in [6.07, 6.45) is -0.0621. The molecule has 7 nitrogen and oxygen atoms in total. The van der Waals surface area contributed by atoms with E-state index in [1.807, 2.05) is 13.0 Å². The molecule has 0 spiro atoms. The fourth-order valence-electron chi connectivity index (χ4n) is 4.72. The highest BCUT2D eigenvalue weighted by Gasteiger charge is 2.28. The number of aliphatic carboxylic acids is 1. The number of aromatic nitrogens is 1. The van der Waals surface area contributed by atoms with E-state index >= 15 is 0 Å². The SMILES string of the molecule is CC#CCOc1ccc(S(=O)(=O)N[C@@H](Cc2c(C)n(Cc3ccc(C(C)C)cc3)c3ccc(Cl)cc23)C(=O)O)cc1. The van der Waals surface area contributed by atoms with Gasteiger partial charge in [-0.05, 0) is 78.9 Å². The number of fused-ring (bicyclic) bond motifs is 1. The molecule has 0 fully saturated rings. The molecule has 1 aromatic heterocycles. The van der Waals surface area contributed by atoms with Crippen LogP contribution >= 0.6 is 11.6 Å². The number of nitrogens with one attached hydrogen (secondary N) is 1. The number of carboxylic acids is 1. The third kappa shape index (κ3) is 7.12. The van der Waals surface area contributed by atoms with Gasteiger partial charge in [-0.1, -0.05) is 55.6 Å². The van der Waals surface area contributed by atoms with E-state index in [1.54, 1.807) is 19.1 Å². The zero-order chi connectivity index (χ0) is 29.7. The first kappa shape index (κ1) is 30.2. The van der Waals surface area contributed by atoms with Gasteiger partial charge in [0, 0.05) is 34.6 Å². The Kier molecular flexibility index (Phi) is 9.44. The maximum atomic E-state index is 13.2. The van der Waals surface area contributed by atoms with Crippen LogP contribution in [0.5, 0.6) is 5.75 Å². The maximum absolute atomic E-state index is 13.2. The number of nitrogens with zero attached hydrogens (tertiary/aromatic N) is 1. The molecule has 0 unspecified atom stereocenters. The minimum atomic E-state index is -4.14. The molecule has 0 aliphatic heterocycles. The molecule has 1 atom stereocenters. The zero-order valence-corrected chi connectivity index (χ0v) is 25.0. The molecule has 0 radical (unpaired) electrons. The Morgan fingerprint density at radius 2 is 1.76 bits per heavy atom. The van der Waals surface area contributed by atoms with Crippen LogP contribution in [0.1, 0.15) is 49.1 Å². The van der Waals surface area contributed by atoms with E-state index in [9.17, 15) is 18.3 Å². The molecule has 0 bridgehead atoms. The molecular weight excluding hydrogens is 560 g/mol. The number of benzene rings is 3. The zero-order valence-electron chi connectivity index (χ0n) is 23.4. The molecule has 1 heterocycles. The predicted molar refractivity (Wildman–Crippen MR) is 162 cm³/mol. The predicted octanol–water partition coefficient (Wildman–Crippen LogP) is 6.15. The topological polar surface area (TPSA) is 97.6 Å². The molecule has 0 aliphatic rings. The lowest BCUT2D eigenvalue weighted by Gasteiger charge is -2.16. The van der Waals surface area contributed by atoms with Crippen LogP contribution in [0.25, 0.3) is 10.9 Å². The van der Waals surface area contributed by atoms with Crippen LogP contribution in [0, 0.1) is 18.8 Å². The second-order valence-electron chi connectivity index (χ2n) is 10.1. The molecule has 3 aromatic carbocycles. The molecule has 0 aliphatic carbocycles. The largest absolute Gasteiger partial charge is 0.481 e. The third-order valence-corrected chi connectivity index (χ3v) is 8.75. The minimum absolute atomic E-state index is 0.0621. The van der Waals surface area contributed by atoms with Crippen molar-refractivity contribution in [1.82, 2.24) is 9.29 Å². The monoisotopic (exact) mass is 592 g/mol. The van der Waals surface area contributed by atoms with Gasteiger partial charge in [0.1, 0.15) is 18.4 Å². The number of carboxylic acid groups (broad SMARTS) is 1. The highest BCUT2D eigenvalue weighted by molar-refractivity contribution is 7.89. The fraction of sp³-hybridized carbons (Fsp3) is 0.281. The van der Waals surface area contributed by atoms with Crippen LogP contribution < -0.4 is 9.46 Å². The molecule has 2 N–H and O–H groups in total. The van der Waals surface area contributed by atoms with Crippen molar-refractivity contribution in [3.63, 3.8) is 0 Å². The first-order valence-electron chi connectivity index (χ1n) is 13.2. The Labute approximate surface area is 246 Å². The molecule has 4 rings (SSSR count). The van der Waals surface area contributed by atoms with E-state index in [0.29, 0.717) is 23.2 Å². The highest BCUT2D eigenvalue weighted by Crippen LogP contribution is 2.31. The van der Waals surface area contributed by atoms with Gasteiger partial charge in [0.05, 0.1) is 4.90 Å². The van der Waals surface area contributed by atoms with E-state index in [0.717, 1.165) is 27.7 Å². The van der Waals surface area contributed by atoms with Crippen molar-refractivity contribution in [3.05, 3.63) is 94.1 Å². The second-order valence-corrected chi connectivity index (χ2v) is 12.3. The number of rotatable bonds is 11. The van der Waals surface area contributed by atoms with E-state index < -0.39 is 22.0 Å². The molecule has 0 amide bonds. The summed E-state index contributed by atoms with van der Waals surface area (Å²) >= 11 is 6.34. The number of ether oxygens (including phenoxy) is 1. The smallest absolute Gasteiger partial charge is 0.322 e. The van der Waals surface area contributed by atoms with Gasteiger partial charge in [0.25, 0.3) is 0 Å². The van der Waals surface area contributed by atoms with Crippen molar-refractivity contribution in [1.29, 1.82) is 0 Å². The number of carbonyl (C=O) groups is 1. The van der Waals surface area contributed by atoms with Crippen molar-refractivity contribution < 1.29 is 23.1 Å². The molecule has 9 heteroatoms. The summed E-state index contributed by atoms with van der Waals surface area (Å²) in [5.41, 5.74) is 4.81. The van der Waals surface area contributed by atoms with Crippen molar-refractivity contribution >= 4 is 38.5 Å². The summed E-state index contributed by atoms with van der Waals surface area (Å²) in [6.45, 7) is 8.67. The molecule has 4 aromatic rings. The number of hydrogen-bond donors (Lipinski definition) is 2. The summed E-state index contributed by atoms with van der Waals surface area (Å²) in [7, 11) is -4.14. The first-order valence-corrected chi connectivity index (χ1v) is 15.1. The molecule has 214 valence electrons. The van der Waals surface area contributed by atoms with E-state index in [1.165, 1.54) is 29.8 Å². The first-order chi connectivity index (χ1) is 19.5. The van der Waals surface area contributed by atoms with E-state index in [4.69, 9.17) is 16.3 Å². The van der Waals surface area contributed by atoms with Gasteiger partial charge in [0.15, 0.2) is 0 Å². The Morgan fingerprint density at radius 1 is 1.07 bits per heavy atom. The van der Waals surface area contributed by atoms with Crippen LogP contribution in [-0.2, 0) is 27.8 Å². The lowest BCUT2D eigenvalue weighted by molar-refractivity contribution is -0.138. The van der Waals surface area contributed by atoms with Crippen LogP contribution in [-0.4, -0.2) is 36.7 Å². The van der Waals surface area contributed by atoms with Crippen molar-refractivity contribution in [2.75, 3.05) is 6.61 Å². The van der Waals surface area contributed by atoms with Gasteiger partial charge in [-0.25, -0.2) is 8.42 Å². The van der Waals surface area contributed by atoms with Crippen LogP contribution in [0.15, 0.2) is 71.6 Å². The van der Waals surface area contributed by atoms with Crippen molar-refractivity contribution in [2.24, 2.45) is 0 Å². The van der Waals surface area contributed by atoms with Crippen LogP contribution in [0.4, 0.5) is 0 Å². The maximum Gasteiger partial charge on any atom is 0.322 e. The van der Waals surface area contributed by atoms with Gasteiger partial charge < -0.3 is 14.4 Å². The number of hydrogen-bond acceptors (Lipinski definition) is 4.